The number of hydrogen-bond acceptors (Lipinski definition) is 4. The first-order valence-corrected chi connectivity index (χ1v) is 11.5. The fraction of sp³-hybridized carbons (Fsp3) is 0.696. The number of aryl methyl sites for hydroxylation is 1. The van der Waals surface area contributed by atoms with E-state index in [0.29, 0.717) is 25.6 Å². The molecule has 5 heterocycles. The minimum absolute atomic E-state index is 0.0582. The maximum Gasteiger partial charge on any atom is 0.230 e. The van der Waals surface area contributed by atoms with Crippen LogP contribution in [0.25, 0.3) is 0 Å². The van der Waals surface area contributed by atoms with Crippen molar-refractivity contribution in [1.29, 1.82) is 0 Å². The maximum atomic E-state index is 13.7. The third kappa shape index (κ3) is 2.77. The molecule has 30 heavy (non-hydrogen) atoms. The highest BCUT2D eigenvalue weighted by Crippen LogP contribution is 2.52. The summed E-state index contributed by atoms with van der Waals surface area (Å²) >= 11 is 0. The predicted molar refractivity (Wildman–Crippen MR) is 111 cm³/mol. The number of aromatic amines is 1. The number of carbonyl (C=O) groups excluding carboxylic acids is 2. The van der Waals surface area contributed by atoms with Gasteiger partial charge in [-0.2, -0.15) is 5.10 Å². The second-order valence-corrected chi connectivity index (χ2v) is 9.29. The molecule has 2 bridgehead atoms. The average molecular weight is 413 g/mol. The van der Waals surface area contributed by atoms with Crippen LogP contribution >= 0.6 is 0 Å². The van der Waals surface area contributed by atoms with E-state index >= 15 is 0 Å². The molecule has 0 radical (unpaired) electrons. The highest BCUT2D eigenvalue weighted by atomic mass is 16.5. The van der Waals surface area contributed by atoms with Crippen LogP contribution in [0.15, 0.2) is 12.2 Å². The quantitative estimate of drug-likeness (QED) is 0.726. The van der Waals surface area contributed by atoms with Crippen LogP contribution in [-0.4, -0.2) is 63.2 Å². The van der Waals surface area contributed by atoms with E-state index in [2.05, 4.69) is 37.0 Å². The van der Waals surface area contributed by atoms with Gasteiger partial charge >= 0.3 is 0 Å². The van der Waals surface area contributed by atoms with Crippen molar-refractivity contribution in [1.82, 2.24) is 20.0 Å². The van der Waals surface area contributed by atoms with Gasteiger partial charge in [-0.1, -0.05) is 45.8 Å². The summed E-state index contributed by atoms with van der Waals surface area (Å²) in [6.07, 6.45) is 7.53. The second-order valence-electron chi connectivity index (χ2n) is 9.29. The third-order valence-corrected chi connectivity index (χ3v) is 7.76. The van der Waals surface area contributed by atoms with Gasteiger partial charge in [-0.05, 0) is 12.3 Å². The molecule has 4 atom stereocenters. The van der Waals surface area contributed by atoms with Gasteiger partial charge in [-0.3, -0.25) is 14.7 Å². The summed E-state index contributed by atoms with van der Waals surface area (Å²) in [4.78, 5) is 31.0. The molecule has 1 N–H and O–H groups in total. The van der Waals surface area contributed by atoms with Crippen LogP contribution in [-0.2, 0) is 33.7 Å². The molecular formula is C23H32N4O3. The van der Waals surface area contributed by atoms with Crippen LogP contribution in [0.1, 0.15) is 50.6 Å². The van der Waals surface area contributed by atoms with Gasteiger partial charge in [0, 0.05) is 37.3 Å². The van der Waals surface area contributed by atoms with Crippen molar-refractivity contribution in [2.75, 3.05) is 19.6 Å². The van der Waals surface area contributed by atoms with Gasteiger partial charge in [0.25, 0.3) is 0 Å². The SMILES string of the molecule is CCc1n[nH]c2c1CN(C(=O)[C@@H]1[C@@H]3C=C[C@@]4(CN(CC(CC)CC)C(=O)[C@H]14)O3)CC2. The normalized spacial score (nSPS) is 31.7. The molecule has 0 saturated carbocycles. The molecule has 2 fully saturated rings. The first-order valence-electron chi connectivity index (χ1n) is 11.5. The molecule has 4 aliphatic heterocycles. The Morgan fingerprint density at radius 1 is 1.37 bits per heavy atom. The number of nitrogens with zero attached hydrogens (tertiary/aromatic N) is 3. The average Bonchev–Trinajstić information content (AvgIpc) is 3.50. The molecule has 1 aromatic rings. The number of rotatable bonds is 6. The van der Waals surface area contributed by atoms with E-state index in [1.54, 1.807) is 0 Å². The molecule has 7 heteroatoms. The molecule has 0 unspecified atom stereocenters. The van der Waals surface area contributed by atoms with Gasteiger partial charge in [-0.25, -0.2) is 0 Å². The van der Waals surface area contributed by atoms with Crippen LogP contribution in [0.5, 0.6) is 0 Å². The first kappa shape index (κ1) is 19.8. The van der Waals surface area contributed by atoms with Crippen LogP contribution < -0.4 is 0 Å². The number of carbonyl (C=O) groups is 2. The molecule has 4 aliphatic rings. The zero-order valence-electron chi connectivity index (χ0n) is 18.2. The van der Waals surface area contributed by atoms with E-state index in [1.165, 1.54) is 0 Å². The standard InChI is InChI=1S/C23H32N4O3/c1-4-14(5-2)11-27-13-23-9-7-18(30-23)19(20(23)22(27)29)21(28)26-10-8-17-15(12-26)16(6-3)24-25-17/h7,9,14,18-20H,4-6,8,10-13H2,1-3H3,(H,24,25)/t18-,19+,20-,23-/m0/s1. The van der Waals surface area contributed by atoms with Gasteiger partial charge in [-0.15, -0.1) is 0 Å². The number of H-pyrrole nitrogens is 1. The second kappa shape index (κ2) is 7.22. The number of aromatic nitrogens is 2. The Morgan fingerprint density at radius 2 is 2.17 bits per heavy atom. The van der Waals surface area contributed by atoms with E-state index in [4.69, 9.17) is 4.74 Å². The van der Waals surface area contributed by atoms with Crippen LogP contribution in [0.3, 0.4) is 0 Å². The number of ether oxygens (including phenoxy) is 1. The van der Waals surface area contributed by atoms with Gasteiger partial charge in [0.05, 0.1) is 30.2 Å². The Kier molecular flexibility index (Phi) is 4.76. The molecule has 1 aromatic heterocycles. The number of amides is 2. The lowest BCUT2D eigenvalue weighted by Crippen LogP contribution is -2.47. The summed E-state index contributed by atoms with van der Waals surface area (Å²) in [7, 11) is 0. The zero-order valence-corrected chi connectivity index (χ0v) is 18.2. The van der Waals surface area contributed by atoms with Crippen molar-refractivity contribution in [3.8, 4) is 0 Å². The molecule has 0 aromatic carbocycles. The first-order chi connectivity index (χ1) is 14.5. The van der Waals surface area contributed by atoms with Crippen molar-refractivity contribution in [2.24, 2.45) is 17.8 Å². The van der Waals surface area contributed by atoms with E-state index in [-0.39, 0.29) is 23.8 Å². The van der Waals surface area contributed by atoms with Crippen molar-refractivity contribution in [3.63, 3.8) is 0 Å². The Bertz CT molecular complexity index is 876. The number of nitrogens with one attached hydrogen (secondary N) is 1. The minimum Gasteiger partial charge on any atom is -0.360 e. The number of hydrogen-bond donors (Lipinski definition) is 1. The van der Waals surface area contributed by atoms with Crippen molar-refractivity contribution >= 4 is 11.8 Å². The van der Waals surface area contributed by atoms with Gasteiger partial charge < -0.3 is 14.5 Å². The predicted octanol–water partition coefficient (Wildman–Crippen LogP) is 2.07. The summed E-state index contributed by atoms with van der Waals surface area (Å²) in [6, 6.07) is 0. The van der Waals surface area contributed by atoms with Gasteiger partial charge in [0.1, 0.15) is 5.60 Å². The molecule has 2 saturated heterocycles. The molecule has 5 rings (SSSR count). The lowest BCUT2D eigenvalue weighted by Gasteiger charge is -2.32. The lowest BCUT2D eigenvalue weighted by molar-refractivity contribution is -0.144. The Hall–Kier alpha value is -2.15. The summed E-state index contributed by atoms with van der Waals surface area (Å²) in [5.74, 6) is -0.141. The Balaban J connectivity index is 1.37. The number of likely N-dealkylation sites (tertiary alicyclic amines) is 1. The summed E-state index contributed by atoms with van der Waals surface area (Å²) < 4.78 is 6.32. The molecule has 162 valence electrons. The molecule has 7 nitrogen and oxygen atoms in total. The minimum atomic E-state index is -0.612. The van der Waals surface area contributed by atoms with Gasteiger partial charge in [0.2, 0.25) is 11.8 Å². The van der Waals surface area contributed by atoms with Crippen molar-refractivity contribution < 1.29 is 14.3 Å². The zero-order chi connectivity index (χ0) is 21.0. The van der Waals surface area contributed by atoms with E-state index < -0.39 is 11.5 Å². The summed E-state index contributed by atoms with van der Waals surface area (Å²) in [5, 5.41) is 7.53. The third-order valence-electron chi connectivity index (χ3n) is 7.76. The fourth-order valence-electron chi connectivity index (χ4n) is 5.92. The van der Waals surface area contributed by atoms with Gasteiger partial charge in [0.15, 0.2) is 0 Å². The van der Waals surface area contributed by atoms with E-state index in [1.807, 2.05) is 15.9 Å². The highest BCUT2D eigenvalue weighted by Gasteiger charge is 2.67. The van der Waals surface area contributed by atoms with Crippen LogP contribution in [0, 0.1) is 17.8 Å². The van der Waals surface area contributed by atoms with Crippen molar-refractivity contribution in [2.45, 2.75) is 64.7 Å². The maximum absolute atomic E-state index is 13.7. The highest BCUT2D eigenvalue weighted by molar-refractivity contribution is 5.93. The summed E-state index contributed by atoms with van der Waals surface area (Å²) in [5.41, 5.74) is 2.72. The Morgan fingerprint density at radius 3 is 2.90 bits per heavy atom. The molecule has 0 aliphatic carbocycles. The lowest BCUT2D eigenvalue weighted by atomic mass is 9.76. The topological polar surface area (TPSA) is 78.5 Å². The fourth-order valence-corrected chi connectivity index (χ4v) is 5.92. The van der Waals surface area contributed by atoms with E-state index in [0.717, 1.165) is 49.2 Å². The Labute approximate surface area is 177 Å². The molecule has 2 amide bonds. The van der Waals surface area contributed by atoms with Crippen LogP contribution in [0.4, 0.5) is 0 Å². The summed E-state index contributed by atoms with van der Waals surface area (Å²) in [6.45, 7) is 9.01. The van der Waals surface area contributed by atoms with Crippen molar-refractivity contribution in [3.05, 3.63) is 29.1 Å². The molecular weight excluding hydrogens is 380 g/mol. The molecule has 1 spiro atoms. The van der Waals surface area contributed by atoms with E-state index in [9.17, 15) is 9.59 Å². The van der Waals surface area contributed by atoms with Crippen LogP contribution in [0.2, 0.25) is 0 Å². The number of fused-ring (bicyclic) bond motifs is 2. The smallest absolute Gasteiger partial charge is 0.230 e. The largest absolute Gasteiger partial charge is 0.360 e. The monoisotopic (exact) mass is 412 g/mol.